The van der Waals surface area contributed by atoms with Crippen LogP contribution >= 0.6 is 0 Å². The molecule has 0 aliphatic rings. The van der Waals surface area contributed by atoms with Gasteiger partial charge in [0, 0.05) is 19.3 Å². The summed E-state index contributed by atoms with van der Waals surface area (Å²) < 4.78 is 16.8. The van der Waals surface area contributed by atoms with Gasteiger partial charge in [-0.1, -0.05) is 253 Å². The Balaban J connectivity index is 4.49. The van der Waals surface area contributed by atoms with Gasteiger partial charge in [-0.2, -0.15) is 0 Å². The van der Waals surface area contributed by atoms with Crippen LogP contribution < -0.4 is 0 Å². The topological polar surface area (TPSA) is 78.9 Å². The fraction of sp³-hybridized carbons (Fsp3) is 0.683. The highest BCUT2D eigenvalue weighted by atomic mass is 16.6. The zero-order valence-corrected chi connectivity index (χ0v) is 42.9. The number of rotatable bonds is 48. The first kappa shape index (κ1) is 62.3. The smallest absolute Gasteiger partial charge is 0.306 e. The lowest BCUT2D eigenvalue weighted by Gasteiger charge is -2.18. The number of hydrogen-bond acceptors (Lipinski definition) is 6. The second-order valence-corrected chi connectivity index (χ2v) is 17.8. The van der Waals surface area contributed by atoms with Crippen LogP contribution in [0.5, 0.6) is 0 Å². The highest BCUT2D eigenvalue weighted by Crippen LogP contribution is 2.15. The predicted molar refractivity (Wildman–Crippen MR) is 284 cm³/mol. The van der Waals surface area contributed by atoms with Gasteiger partial charge in [0.15, 0.2) is 6.10 Å². The Morgan fingerprint density at radius 1 is 0.333 bits per heavy atom. The zero-order chi connectivity index (χ0) is 47.9. The third kappa shape index (κ3) is 51.3. The molecule has 0 amide bonds. The quantitative estimate of drug-likeness (QED) is 0.0199. The van der Waals surface area contributed by atoms with Gasteiger partial charge in [0.25, 0.3) is 0 Å². The van der Waals surface area contributed by atoms with Crippen LogP contribution in [0, 0.1) is 0 Å². The van der Waals surface area contributed by atoms with Gasteiger partial charge in [0.2, 0.25) is 0 Å². The van der Waals surface area contributed by atoms with Gasteiger partial charge in [-0.3, -0.25) is 14.4 Å². The van der Waals surface area contributed by atoms with Crippen molar-refractivity contribution in [1.29, 1.82) is 0 Å². The van der Waals surface area contributed by atoms with Crippen LogP contribution in [0.25, 0.3) is 0 Å². The van der Waals surface area contributed by atoms with Crippen molar-refractivity contribution in [2.45, 2.75) is 252 Å². The first-order valence-corrected chi connectivity index (χ1v) is 27.3. The fourth-order valence-corrected chi connectivity index (χ4v) is 7.37. The van der Waals surface area contributed by atoms with Gasteiger partial charge < -0.3 is 14.2 Å². The average molecular weight is 917 g/mol. The summed E-state index contributed by atoms with van der Waals surface area (Å²) in [5, 5.41) is 0. The Morgan fingerprint density at radius 3 is 1.12 bits per heavy atom. The molecule has 0 saturated carbocycles. The van der Waals surface area contributed by atoms with E-state index < -0.39 is 12.1 Å². The van der Waals surface area contributed by atoms with E-state index in [4.69, 9.17) is 14.2 Å². The summed E-state index contributed by atoms with van der Waals surface area (Å²) in [6.07, 6.45) is 71.2. The van der Waals surface area contributed by atoms with E-state index in [0.717, 1.165) is 83.5 Å². The van der Waals surface area contributed by atoms with E-state index in [9.17, 15) is 14.4 Å². The summed E-state index contributed by atoms with van der Waals surface area (Å²) in [6.45, 7) is 6.33. The monoisotopic (exact) mass is 917 g/mol. The van der Waals surface area contributed by atoms with Crippen molar-refractivity contribution in [2.24, 2.45) is 0 Å². The van der Waals surface area contributed by atoms with E-state index in [1.54, 1.807) is 0 Å². The molecule has 0 aromatic carbocycles. The van der Waals surface area contributed by atoms with E-state index in [1.165, 1.54) is 116 Å². The number of ether oxygens (including phenoxy) is 3. The van der Waals surface area contributed by atoms with Gasteiger partial charge in [-0.15, -0.1) is 0 Å². The molecule has 1 atom stereocenters. The van der Waals surface area contributed by atoms with E-state index >= 15 is 0 Å². The summed E-state index contributed by atoms with van der Waals surface area (Å²) in [5.41, 5.74) is 0. The Hall–Kier alpha value is -3.67. The Kier molecular flexibility index (Phi) is 50.9. The molecule has 6 heteroatoms. The van der Waals surface area contributed by atoms with Crippen molar-refractivity contribution in [1.82, 2.24) is 0 Å². The molecule has 0 saturated heterocycles. The van der Waals surface area contributed by atoms with Gasteiger partial charge >= 0.3 is 17.9 Å². The Bertz CT molecular complexity index is 1330. The molecule has 0 radical (unpaired) electrons. The molecule has 0 aliphatic heterocycles. The number of unbranched alkanes of at least 4 members (excludes halogenated alkanes) is 23. The van der Waals surface area contributed by atoms with Crippen LogP contribution in [-0.4, -0.2) is 37.2 Å². The Morgan fingerprint density at radius 2 is 0.697 bits per heavy atom. The van der Waals surface area contributed by atoms with Gasteiger partial charge in [-0.05, 0) is 70.6 Å². The summed E-state index contributed by atoms with van der Waals surface area (Å²) in [7, 11) is 0. The molecule has 0 heterocycles. The van der Waals surface area contributed by atoms with Crippen LogP contribution in [0.2, 0.25) is 0 Å². The molecule has 0 rings (SSSR count). The van der Waals surface area contributed by atoms with Crippen LogP contribution in [0.1, 0.15) is 245 Å². The maximum atomic E-state index is 12.8. The first-order chi connectivity index (χ1) is 32.5. The molecule has 376 valence electrons. The number of esters is 3. The molecular weight excluding hydrogens is 817 g/mol. The number of hydrogen-bond donors (Lipinski definition) is 0. The Labute approximate surface area is 407 Å². The summed E-state index contributed by atoms with van der Waals surface area (Å²) in [4.78, 5) is 38.0. The second kappa shape index (κ2) is 53.9. The van der Waals surface area contributed by atoms with Crippen molar-refractivity contribution < 1.29 is 28.6 Å². The number of carbonyl (C=O) groups excluding carboxylic acids is 3. The van der Waals surface area contributed by atoms with E-state index in [-0.39, 0.29) is 31.6 Å². The minimum Gasteiger partial charge on any atom is -0.462 e. The highest BCUT2D eigenvalue weighted by molar-refractivity contribution is 5.71. The summed E-state index contributed by atoms with van der Waals surface area (Å²) >= 11 is 0. The third-order valence-corrected chi connectivity index (χ3v) is 11.4. The SMILES string of the molecule is CC\C=C/C=C\C=C/CCCCCCCCCC(=O)OCC(COC(=O)CCCCCCCCCCCCCCCCCCC)OC(=O)CC/C=C\C/C=C\C/C=C\C/C=C\C/C=C\CC. The maximum absolute atomic E-state index is 12.8. The summed E-state index contributed by atoms with van der Waals surface area (Å²) in [6, 6.07) is 0. The van der Waals surface area contributed by atoms with Crippen molar-refractivity contribution in [3.63, 3.8) is 0 Å². The van der Waals surface area contributed by atoms with Gasteiger partial charge in [0.1, 0.15) is 13.2 Å². The van der Waals surface area contributed by atoms with Crippen LogP contribution in [0.4, 0.5) is 0 Å². The van der Waals surface area contributed by atoms with E-state index in [2.05, 4.69) is 106 Å². The lowest BCUT2D eigenvalue weighted by molar-refractivity contribution is -0.166. The molecule has 0 spiro atoms. The normalized spacial score (nSPS) is 12.8. The standard InChI is InChI=1S/C60H100O6/c1-4-7-10-13-16-19-22-25-28-30-33-35-38-41-44-47-50-53-59(62)65-56-57(55-64-58(61)52-49-46-43-40-37-34-31-27-24-21-18-15-12-9-6-3)66-60(63)54-51-48-45-42-39-36-32-29-26-23-20-17-14-11-8-5-2/h8-9,11-12,15,17-18,20-21,24,26,29,36,39,45,48,57H,4-7,10,13-14,16,19,22-23,25,27-28,30-35,37-38,40-44,46-47,49-56H2,1-3H3/b11-8-,12-9-,18-15-,20-17-,24-21-,29-26-,39-36-,48-45-. The van der Waals surface area contributed by atoms with Crippen LogP contribution in [0.3, 0.4) is 0 Å². The lowest BCUT2D eigenvalue weighted by Crippen LogP contribution is -2.30. The van der Waals surface area contributed by atoms with Crippen molar-refractivity contribution in [2.75, 3.05) is 13.2 Å². The molecule has 6 nitrogen and oxygen atoms in total. The molecule has 0 fully saturated rings. The van der Waals surface area contributed by atoms with E-state index in [1.807, 2.05) is 12.2 Å². The number of allylic oxidation sites excluding steroid dienone is 16. The second-order valence-electron chi connectivity index (χ2n) is 17.8. The molecular formula is C60H100O6. The molecule has 0 aromatic heterocycles. The van der Waals surface area contributed by atoms with Crippen molar-refractivity contribution >= 4 is 17.9 Å². The largest absolute Gasteiger partial charge is 0.462 e. The molecule has 0 aromatic rings. The molecule has 0 N–H and O–H groups in total. The minimum absolute atomic E-state index is 0.110. The molecule has 66 heavy (non-hydrogen) atoms. The number of carbonyl (C=O) groups is 3. The van der Waals surface area contributed by atoms with Gasteiger partial charge in [0.05, 0.1) is 0 Å². The molecule has 0 bridgehead atoms. The van der Waals surface area contributed by atoms with Crippen molar-refractivity contribution in [3.05, 3.63) is 97.2 Å². The minimum atomic E-state index is -0.821. The summed E-state index contributed by atoms with van der Waals surface area (Å²) in [5.74, 6) is -1.00. The average Bonchev–Trinajstić information content (AvgIpc) is 3.31. The fourth-order valence-electron chi connectivity index (χ4n) is 7.37. The highest BCUT2D eigenvalue weighted by Gasteiger charge is 2.19. The maximum Gasteiger partial charge on any atom is 0.306 e. The zero-order valence-electron chi connectivity index (χ0n) is 42.9. The first-order valence-electron chi connectivity index (χ1n) is 27.3. The molecule has 1 unspecified atom stereocenters. The third-order valence-electron chi connectivity index (χ3n) is 11.4. The van der Waals surface area contributed by atoms with Crippen LogP contribution in [-0.2, 0) is 28.6 Å². The predicted octanol–water partition coefficient (Wildman–Crippen LogP) is 18.1. The van der Waals surface area contributed by atoms with Crippen LogP contribution in [0.15, 0.2) is 97.2 Å². The van der Waals surface area contributed by atoms with Gasteiger partial charge in [-0.25, -0.2) is 0 Å². The lowest BCUT2D eigenvalue weighted by atomic mass is 10.0. The molecule has 0 aliphatic carbocycles. The van der Waals surface area contributed by atoms with E-state index in [0.29, 0.717) is 19.3 Å². The van der Waals surface area contributed by atoms with Crippen molar-refractivity contribution in [3.8, 4) is 0 Å².